The summed E-state index contributed by atoms with van der Waals surface area (Å²) in [5, 5.41) is 12.0. The standard InChI is InChI=1S/C28H35N5O/c1-22-11-13-24(14-12-22)26-15-16-27(31-30-26)33-19-6-10-25(21-33)28(34)29-17-7-18-32(2)20-23-8-4-3-5-9-23/h3-5,8-9,11-16,25H,6-7,10,17-21H2,1-2H3,(H,29,34)/t25-/m0/s1. The van der Waals surface area contributed by atoms with Crippen molar-refractivity contribution < 1.29 is 4.79 Å². The van der Waals surface area contributed by atoms with Crippen molar-refractivity contribution in [2.45, 2.75) is 32.7 Å². The first kappa shape index (κ1) is 23.9. The zero-order valence-corrected chi connectivity index (χ0v) is 20.3. The Kier molecular flexibility index (Phi) is 8.26. The van der Waals surface area contributed by atoms with Gasteiger partial charge in [-0.3, -0.25) is 4.79 Å². The Labute approximate surface area is 203 Å². The highest BCUT2D eigenvalue weighted by Crippen LogP contribution is 2.23. The molecule has 1 atom stereocenters. The highest BCUT2D eigenvalue weighted by atomic mass is 16.1. The summed E-state index contributed by atoms with van der Waals surface area (Å²) in [5.74, 6) is 0.991. The Hall–Kier alpha value is -3.25. The molecular formula is C28H35N5O. The summed E-state index contributed by atoms with van der Waals surface area (Å²) < 4.78 is 0. The van der Waals surface area contributed by atoms with Gasteiger partial charge in [-0.15, -0.1) is 10.2 Å². The van der Waals surface area contributed by atoms with Gasteiger partial charge in [0.2, 0.25) is 5.91 Å². The maximum atomic E-state index is 12.8. The van der Waals surface area contributed by atoms with Gasteiger partial charge in [0.25, 0.3) is 0 Å². The molecule has 4 rings (SSSR count). The zero-order valence-electron chi connectivity index (χ0n) is 20.3. The lowest BCUT2D eigenvalue weighted by molar-refractivity contribution is -0.125. The molecule has 2 heterocycles. The van der Waals surface area contributed by atoms with Crippen LogP contribution in [-0.4, -0.2) is 54.2 Å². The van der Waals surface area contributed by atoms with E-state index >= 15 is 0 Å². The molecule has 1 aliphatic heterocycles. The second kappa shape index (κ2) is 11.7. The first-order valence-corrected chi connectivity index (χ1v) is 12.2. The number of carbonyl (C=O) groups excluding carboxylic acids is 1. The predicted molar refractivity (Wildman–Crippen MR) is 138 cm³/mol. The Morgan fingerprint density at radius 3 is 2.59 bits per heavy atom. The molecule has 178 valence electrons. The highest BCUT2D eigenvalue weighted by Gasteiger charge is 2.26. The fourth-order valence-electron chi connectivity index (χ4n) is 4.45. The third kappa shape index (κ3) is 6.64. The molecule has 6 heteroatoms. The number of benzene rings is 2. The molecule has 0 aliphatic carbocycles. The Balaban J connectivity index is 1.22. The molecule has 1 saturated heterocycles. The van der Waals surface area contributed by atoms with Crippen LogP contribution in [-0.2, 0) is 11.3 Å². The summed E-state index contributed by atoms with van der Waals surface area (Å²) in [7, 11) is 2.12. The lowest BCUT2D eigenvalue weighted by Crippen LogP contribution is -2.43. The molecular weight excluding hydrogens is 422 g/mol. The molecule has 3 aromatic rings. The first-order valence-electron chi connectivity index (χ1n) is 12.2. The molecule has 0 radical (unpaired) electrons. The van der Waals surface area contributed by atoms with Gasteiger partial charge in [-0.1, -0.05) is 60.2 Å². The van der Waals surface area contributed by atoms with E-state index in [9.17, 15) is 4.79 Å². The summed E-state index contributed by atoms with van der Waals surface area (Å²) in [6.45, 7) is 6.27. The van der Waals surface area contributed by atoms with Gasteiger partial charge in [-0.2, -0.15) is 0 Å². The molecule has 1 amide bonds. The SMILES string of the molecule is Cc1ccc(-c2ccc(N3CCC[C@H](C(=O)NCCCN(C)Cc4ccccc4)C3)nn2)cc1. The number of aryl methyl sites for hydroxylation is 1. The number of piperidine rings is 1. The number of nitrogens with zero attached hydrogens (tertiary/aromatic N) is 4. The monoisotopic (exact) mass is 457 g/mol. The van der Waals surface area contributed by atoms with E-state index in [0.29, 0.717) is 13.1 Å². The largest absolute Gasteiger partial charge is 0.356 e. The summed E-state index contributed by atoms with van der Waals surface area (Å²) in [4.78, 5) is 17.3. The number of carbonyl (C=O) groups is 1. The third-order valence-corrected chi connectivity index (χ3v) is 6.43. The number of hydrogen-bond acceptors (Lipinski definition) is 5. The smallest absolute Gasteiger partial charge is 0.224 e. The number of amides is 1. The van der Waals surface area contributed by atoms with E-state index < -0.39 is 0 Å². The molecule has 34 heavy (non-hydrogen) atoms. The molecule has 2 aromatic carbocycles. The van der Waals surface area contributed by atoms with E-state index in [1.165, 1.54) is 11.1 Å². The van der Waals surface area contributed by atoms with E-state index in [1.54, 1.807) is 0 Å². The molecule has 0 spiro atoms. The average Bonchev–Trinajstić information content (AvgIpc) is 2.88. The van der Waals surface area contributed by atoms with Crippen LogP contribution in [0.3, 0.4) is 0 Å². The number of anilines is 1. The number of nitrogens with one attached hydrogen (secondary N) is 1. The van der Waals surface area contributed by atoms with Gasteiger partial charge < -0.3 is 15.1 Å². The van der Waals surface area contributed by atoms with Gasteiger partial charge in [-0.05, 0) is 57.5 Å². The van der Waals surface area contributed by atoms with Crippen molar-refractivity contribution in [1.82, 2.24) is 20.4 Å². The number of aromatic nitrogens is 2. The quantitative estimate of drug-likeness (QED) is 0.485. The predicted octanol–water partition coefficient (Wildman–Crippen LogP) is 4.31. The van der Waals surface area contributed by atoms with Crippen molar-refractivity contribution in [1.29, 1.82) is 0 Å². The Morgan fingerprint density at radius 2 is 1.85 bits per heavy atom. The summed E-state index contributed by atoms with van der Waals surface area (Å²) >= 11 is 0. The van der Waals surface area contributed by atoms with Gasteiger partial charge >= 0.3 is 0 Å². The van der Waals surface area contributed by atoms with Gasteiger partial charge in [0.15, 0.2) is 5.82 Å². The van der Waals surface area contributed by atoms with E-state index in [1.807, 2.05) is 18.2 Å². The van der Waals surface area contributed by atoms with Crippen molar-refractivity contribution in [3.05, 3.63) is 77.9 Å². The van der Waals surface area contributed by atoms with Crippen molar-refractivity contribution in [3.8, 4) is 11.3 Å². The highest BCUT2D eigenvalue weighted by molar-refractivity contribution is 5.79. The summed E-state index contributed by atoms with van der Waals surface area (Å²) in [6, 6.07) is 22.8. The van der Waals surface area contributed by atoms with E-state index in [0.717, 1.165) is 56.0 Å². The summed E-state index contributed by atoms with van der Waals surface area (Å²) in [6.07, 6.45) is 2.85. The molecule has 0 saturated carbocycles. The normalized spacial score (nSPS) is 16.0. The van der Waals surface area contributed by atoms with E-state index in [2.05, 4.69) is 87.8 Å². The number of rotatable bonds is 9. The van der Waals surface area contributed by atoms with Crippen LogP contribution in [0.1, 0.15) is 30.4 Å². The van der Waals surface area contributed by atoms with Crippen LogP contribution in [0.4, 0.5) is 5.82 Å². The van der Waals surface area contributed by atoms with Gasteiger partial charge in [0, 0.05) is 31.7 Å². The lowest BCUT2D eigenvalue weighted by atomic mass is 9.97. The topological polar surface area (TPSA) is 61.4 Å². The molecule has 0 bridgehead atoms. The van der Waals surface area contributed by atoms with Crippen molar-refractivity contribution >= 4 is 11.7 Å². The van der Waals surface area contributed by atoms with E-state index in [4.69, 9.17) is 0 Å². The minimum absolute atomic E-state index is 0.00521. The second-order valence-electron chi connectivity index (χ2n) is 9.30. The first-order chi connectivity index (χ1) is 16.6. The molecule has 0 unspecified atom stereocenters. The van der Waals surface area contributed by atoms with Crippen LogP contribution in [0.25, 0.3) is 11.3 Å². The maximum Gasteiger partial charge on any atom is 0.224 e. The molecule has 1 fully saturated rings. The van der Waals surface area contributed by atoms with Crippen LogP contribution in [0.5, 0.6) is 0 Å². The van der Waals surface area contributed by atoms with Gasteiger partial charge in [0.05, 0.1) is 11.6 Å². The molecule has 6 nitrogen and oxygen atoms in total. The van der Waals surface area contributed by atoms with Crippen LogP contribution in [0.15, 0.2) is 66.7 Å². The third-order valence-electron chi connectivity index (χ3n) is 6.43. The average molecular weight is 458 g/mol. The number of hydrogen-bond donors (Lipinski definition) is 1. The van der Waals surface area contributed by atoms with Crippen LogP contribution >= 0.6 is 0 Å². The fourth-order valence-corrected chi connectivity index (χ4v) is 4.45. The van der Waals surface area contributed by atoms with Crippen LogP contribution in [0.2, 0.25) is 0 Å². The van der Waals surface area contributed by atoms with Crippen molar-refractivity contribution in [3.63, 3.8) is 0 Å². The minimum atomic E-state index is -0.00521. The molecule has 1 aromatic heterocycles. The Bertz CT molecular complexity index is 1040. The zero-order chi connectivity index (χ0) is 23.8. The second-order valence-corrected chi connectivity index (χ2v) is 9.30. The lowest BCUT2D eigenvalue weighted by Gasteiger charge is -2.32. The van der Waals surface area contributed by atoms with Gasteiger partial charge in [0.1, 0.15) is 0 Å². The Morgan fingerprint density at radius 1 is 1.06 bits per heavy atom. The van der Waals surface area contributed by atoms with Crippen molar-refractivity contribution in [2.24, 2.45) is 5.92 Å². The van der Waals surface area contributed by atoms with Crippen molar-refractivity contribution in [2.75, 3.05) is 38.1 Å². The van der Waals surface area contributed by atoms with Crippen LogP contribution < -0.4 is 10.2 Å². The maximum absolute atomic E-state index is 12.8. The van der Waals surface area contributed by atoms with Crippen LogP contribution in [0, 0.1) is 12.8 Å². The fraction of sp³-hybridized carbons (Fsp3) is 0.393. The summed E-state index contributed by atoms with van der Waals surface area (Å²) in [5.41, 5.74) is 4.47. The van der Waals surface area contributed by atoms with Gasteiger partial charge in [-0.25, -0.2) is 0 Å². The minimum Gasteiger partial charge on any atom is -0.356 e. The molecule has 1 aliphatic rings. The molecule has 1 N–H and O–H groups in total. The van der Waals surface area contributed by atoms with E-state index in [-0.39, 0.29) is 11.8 Å².